The third-order valence-electron chi connectivity index (χ3n) is 4.84. The molecular formula is C21H24N2O7. The van der Waals surface area contributed by atoms with E-state index in [1.54, 1.807) is 19.9 Å². The molecule has 1 aromatic heterocycles. The third-order valence-corrected chi connectivity index (χ3v) is 4.84. The first-order valence-corrected chi connectivity index (χ1v) is 9.34. The van der Waals surface area contributed by atoms with Gasteiger partial charge in [0.05, 0.1) is 17.6 Å². The first-order valence-electron chi connectivity index (χ1n) is 9.34. The maximum atomic E-state index is 12.6. The zero-order valence-corrected chi connectivity index (χ0v) is 17.4. The Morgan fingerprint density at radius 1 is 1.13 bits per heavy atom. The number of aromatic nitrogens is 1. The second-order valence-corrected chi connectivity index (χ2v) is 6.87. The molecule has 0 aliphatic carbocycles. The number of Topliss-reactive ketones (excluding diaryl/α,β-unsaturated/α-hetero) is 1. The van der Waals surface area contributed by atoms with Crippen LogP contribution in [0.4, 0.5) is 5.69 Å². The Labute approximate surface area is 173 Å². The number of methoxy groups -OCH3 is 1. The lowest BCUT2D eigenvalue weighted by Gasteiger charge is -2.09. The molecule has 0 saturated heterocycles. The van der Waals surface area contributed by atoms with Crippen LogP contribution in [0.15, 0.2) is 24.3 Å². The number of esters is 2. The van der Waals surface area contributed by atoms with Crippen LogP contribution in [0.1, 0.15) is 50.5 Å². The number of nitro groups is 1. The molecule has 0 saturated carbocycles. The lowest BCUT2D eigenvalue weighted by molar-refractivity contribution is -0.385. The van der Waals surface area contributed by atoms with E-state index in [4.69, 9.17) is 4.74 Å². The molecule has 0 aliphatic rings. The van der Waals surface area contributed by atoms with E-state index < -0.39 is 17.5 Å². The average Bonchev–Trinajstić information content (AvgIpc) is 2.99. The van der Waals surface area contributed by atoms with Crippen LogP contribution in [0.3, 0.4) is 0 Å². The Morgan fingerprint density at radius 3 is 2.47 bits per heavy atom. The highest BCUT2D eigenvalue weighted by Gasteiger charge is 2.20. The highest BCUT2D eigenvalue weighted by molar-refractivity contribution is 6.00. The van der Waals surface area contributed by atoms with Crippen molar-refractivity contribution in [3.05, 3.63) is 62.5 Å². The van der Waals surface area contributed by atoms with Crippen LogP contribution in [0, 0.1) is 30.9 Å². The number of nitro benzene ring substituents is 1. The van der Waals surface area contributed by atoms with Crippen LogP contribution < -0.4 is 0 Å². The summed E-state index contributed by atoms with van der Waals surface area (Å²) in [4.78, 5) is 46.5. The van der Waals surface area contributed by atoms with E-state index in [2.05, 4.69) is 4.74 Å². The summed E-state index contributed by atoms with van der Waals surface area (Å²) in [6, 6.07) is 5.72. The molecule has 0 radical (unpaired) electrons. The second-order valence-electron chi connectivity index (χ2n) is 6.87. The fourth-order valence-electron chi connectivity index (χ4n) is 3.14. The van der Waals surface area contributed by atoms with E-state index in [1.807, 2.05) is 11.5 Å². The molecule has 2 rings (SSSR count). The Bertz CT molecular complexity index is 991. The minimum atomic E-state index is -0.807. The van der Waals surface area contributed by atoms with E-state index in [0.717, 1.165) is 11.8 Å². The highest BCUT2D eigenvalue weighted by atomic mass is 16.6. The van der Waals surface area contributed by atoms with Gasteiger partial charge in [-0.05, 0) is 39.3 Å². The quantitative estimate of drug-likeness (QED) is 0.266. The second kappa shape index (κ2) is 9.82. The number of ketones is 1. The molecular weight excluding hydrogens is 392 g/mol. The van der Waals surface area contributed by atoms with Gasteiger partial charge >= 0.3 is 11.9 Å². The van der Waals surface area contributed by atoms with Crippen molar-refractivity contribution in [2.75, 3.05) is 13.7 Å². The Morgan fingerprint density at radius 2 is 1.83 bits per heavy atom. The van der Waals surface area contributed by atoms with Crippen molar-refractivity contribution in [2.24, 2.45) is 0 Å². The number of carbonyl (C=O) groups excluding carboxylic acids is 3. The van der Waals surface area contributed by atoms with Gasteiger partial charge in [-0.3, -0.25) is 19.7 Å². The molecule has 2 aromatic rings. The Hall–Kier alpha value is -3.49. The SMILES string of the molecule is COC(=O)CCCn1c(C)cc(C(=O)COC(=O)c2ccc(C)c([N+](=O)[O-])c2)c1C. The molecule has 0 unspecified atom stereocenters. The first kappa shape index (κ1) is 22.8. The van der Waals surface area contributed by atoms with Gasteiger partial charge in [0.1, 0.15) is 0 Å². The van der Waals surface area contributed by atoms with Gasteiger partial charge in [0.25, 0.3) is 5.69 Å². The monoisotopic (exact) mass is 416 g/mol. The van der Waals surface area contributed by atoms with Gasteiger partial charge in [-0.2, -0.15) is 0 Å². The van der Waals surface area contributed by atoms with Gasteiger partial charge in [-0.15, -0.1) is 0 Å². The van der Waals surface area contributed by atoms with Gasteiger partial charge in [-0.1, -0.05) is 6.07 Å². The largest absolute Gasteiger partial charge is 0.469 e. The number of rotatable bonds is 9. The molecule has 0 atom stereocenters. The summed E-state index contributed by atoms with van der Waals surface area (Å²) in [6.45, 7) is 5.26. The van der Waals surface area contributed by atoms with Crippen LogP contribution in [0.2, 0.25) is 0 Å². The number of hydrogen-bond donors (Lipinski definition) is 0. The third kappa shape index (κ3) is 5.31. The van der Waals surface area contributed by atoms with Gasteiger partial charge < -0.3 is 14.0 Å². The lowest BCUT2D eigenvalue weighted by Crippen LogP contribution is -2.15. The number of nitrogens with zero attached hydrogens (tertiary/aromatic N) is 2. The minimum Gasteiger partial charge on any atom is -0.469 e. The molecule has 0 N–H and O–H groups in total. The molecule has 0 fully saturated rings. The Kier molecular flexibility index (Phi) is 7.46. The first-order chi connectivity index (χ1) is 14.1. The van der Waals surface area contributed by atoms with Crippen molar-refractivity contribution in [3.63, 3.8) is 0 Å². The zero-order chi connectivity index (χ0) is 22.4. The predicted octanol–water partition coefficient (Wildman–Crippen LogP) is 3.31. The van der Waals surface area contributed by atoms with E-state index >= 15 is 0 Å². The summed E-state index contributed by atoms with van der Waals surface area (Å²) >= 11 is 0. The molecule has 30 heavy (non-hydrogen) atoms. The topological polar surface area (TPSA) is 118 Å². The highest BCUT2D eigenvalue weighted by Crippen LogP contribution is 2.20. The van der Waals surface area contributed by atoms with Crippen molar-refractivity contribution in [1.82, 2.24) is 4.57 Å². The maximum absolute atomic E-state index is 12.6. The number of hydrogen-bond acceptors (Lipinski definition) is 7. The number of benzene rings is 1. The number of carbonyl (C=O) groups is 3. The van der Waals surface area contributed by atoms with Crippen LogP contribution in [0.5, 0.6) is 0 Å². The number of aryl methyl sites for hydroxylation is 2. The summed E-state index contributed by atoms with van der Waals surface area (Å²) in [5.41, 5.74) is 2.23. The molecule has 9 heteroatoms. The normalized spacial score (nSPS) is 10.5. The van der Waals surface area contributed by atoms with E-state index in [9.17, 15) is 24.5 Å². The fourth-order valence-corrected chi connectivity index (χ4v) is 3.14. The summed E-state index contributed by atoms with van der Waals surface area (Å²) in [6.07, 6.45) is 0.842. The van der Waals surface area contributed by atoms with E-state index in [0.29, 0.717) is 29.8 Å². The molecule has 9 nitrogen and oxygen atoms in total. The molecule has 1 aromatic carbocycles. The van der Waals surface area contributed by atoms with Crippen molar-refractivity contribution in [2.45, 2.75) is 40.2 Å². The van der Waals surface area contributed by atoms with Gasteiger partial charge in [0.2, 0.25) is 5.78 Å². The van der Waals surface area contributed by atoms with Crippen molar-refractivity contribution in [1.29, 1.82) is 0 Å². The van der Waals surface area contributed by atoms with Crippen LogP contribution in [-0.4, -0.2) is 40.9 Å². The summed E-state index contributed by atoms with van der Waals surface area (Å²) < 4.78 is 11.6. The van der Waals surface area contributed by atoms with Crippen molar-refractivity contribution >= 4 is 23.4 Å². The molecule has 0 aliphatic heterocycles. The number of ether oxygens (including phenoxy) is 2. The van der Waals surface area contributed by atoms with E-state index in [1.165, 1.54) is 19.2 Å². The van der Waals surface area contributed by atoms with Gasteiger partial charge in [0, 0.05) is 41.5 Å². The van der Waals surface area contributed by atoms with Crippen molar-refractivity contribution < 1.29 is 28.8 Å². The zero-order valence-electron chi connectivity index (χ0n) is 17.4. The molecule has 0 amide bonds. The fraction of sp³-hybridized carbons (Fsp3) is 0.381. The maximum Gasteiger partial charge on any atom is 0.338 e. The van der Waals surface area contributed by atoms with Crippen molar-refractivity contribution in [3.8, 4) is 0 Å². The summed E-state index contributed by atoms with van der Waals surface area (Å²) in [7, 11) is 1.33. The molecule has 0 spiro atoms. The molecule has 160 valence electrons. The lowest BCUT2D eigenvalue weighted by atomic mass is 10.1. The summed E-state index contributed by atoms with van der Waals surface area (Å²) in [5.74, 6) is -1.48. The standard InChI is InChI=1S/C21H24N2O7/c1-13-7-8-16(11-18(13)23(27)28)21(26)30-12-19(24)17-10-14(2)22(15(17)3)9-5-6-20(25)29-4/h7-8,10-11H,5-6,9,12H2,1-4H3. The average molecular weight is 416 g/mol. The van der Waals surface area contributed by atoms with Gasteiger partial charge in [-0.25, -0.2) is 4.79 Å². The summed E-state index contributed by atoms with van der Waals surface area (Å²) in [5, 5.41) is 11.0. The predicted molar refractivity (Wildman–Crippen MR) is 108 cm³/mol. The minimum absolute atomic E-state index is 0.00776. The van der Waals surface area contributed by atoms with Crippen LogP contribution >= 0.6 is 0 Å². The molecule has 1 heterocycles. The van der Waals surface area contributed by atoms with Gasteiger partial charge in [0.15, 0.2) is 6.61 Å². The van der Waals surface area contributed by atoms with Crippen LogP contribution in [0.25, 0.3) is 0 Å². The molecule has 0 bridgehead atoms. The smallest absolute Gasteiger partial charge is 0.338 e. The Balaban J connectivity index is 2.04. The van der Waals surface area contributed by atoms with Crippen LogP contribution in [-0.2, 0) is 20.8 Å². The van der Waals surface area contributed by atoms with E-state index in [-0.39, 0.29) is 29.4 Å².